The van der Waals surface area contributed by atoms with Crippen molar-refractivity contribution in [3.05, 3.63) is 54.0 Å². The Balaban J connectivity index is 1.67. The van der Waals surface area contributed by atoms with Crippen LogP contribution in [0, 0.1) is 0 Å². The Morgan fingerprint density at radius 3 is 2.28 bits per heavy atom. The third-order valence-corrected chi connectivity index (χ3v) is 4.59. The van der Waals surface area contributed by atoms with Crippen LogP contribution in [-0.4, -0.2) is 27.8 Å². The summed E-state index contributed by atoms with van der Waals surface area (Å²) in [6.07, 6.45) is -1.10. The minimum Gasteiger partial charge on any atom is -0.381 e. The number of pyridine rings is 1. The van der Waals surface area contributed by atoms with Gasteiger partial charge in [-0.2, -0.15) is 13.2 Å². The van der Waals surface area contributed by atoms with Crippen molar-refractivity contribution in [3.63, 3.8) is 0 Å². The van der Waals surface area contributed by atoms with Crippen LogP contribution in [0.2, 0.25) is 0 Å². The highest BCUT2D eigenvalue weighted by atomic mass is 19.4. The molecule has 0 unspecified atom stereocenters. The van der Waals surface area contributed by atoms with E-state index < -0.39 is 12.0 Å². The molecule has 1 aromatic carbocycles. The van der Waals surface area contributed by atoms with E-state index in [1.807, 2.05) is 24.3 Å². The van der Waals surface area contributed by atoms with Crippen molar-refractivity contribution in [2.45, 2.75) is 24.9 Å². The van der Waals surface area contributed by atoms with Crippen LogP contribution in [0.1, 0.15) is 30.1 Å². The Labute approximate surface area is 142 Å². The molecule has 0 amide bonds. The predicted molar refractivity (Wildman–Crippen MR) is 86.2 cm³/mol. The lowest BCUT2D eigenvalue weighted by Gasteiger charge is -2.22. The van der Waals surface area contributed by atoms with Gasteiger partial charge >= 0.3 is 6.18 Å². The predicted octanol–water partition coefficient (Wildman–Crippen LogP) is 4.31. The van der Waals surface area contributed by atoms with Crippen molar-refractivity contribution < 1.29 is 17.9 Å². The van der Waals surface area contributed by atoms with E-state index in [-0.39, 0.29) is 5.65 Å². The molecule has 0 bridgehead atoms. The lowest BCUT2D eigenvalue weighted by Crippen LogP contribution is -2.13. The van der Waals surface area contributed by atoms with Crippen molar-refractivity contribution >= 4 is 5.65 Å². The number of alkyl halides is 3. The van der Waals surface area contributed by atoms with Gasteiger partial charge in [0.1, 0.15) is 0 Å². The van der Waals surface area contributed by atoms with E-state index in [1.54, 1.807) is 12.1 Å². The molecule has 0 aliphatic carbocycles. The molecule has 0 atom stereocenters. The van der Waals surface area contributed by atoms with Crippen LogP contribution in [0.15, 0.2) is 42.6 Å². The third-order valence-electron chi connectivity index (χ3n) is 4.59. The van der Waals surface area contributed by atoms with Gasteiger partial charge in [-0.15, -0.1) is 10.2 Å². The minimum absolute atomic E-state index is 0.176. The molecular weight excluding hydrogens is 331 g/mol. The number of ether oxygens (including phenoxy) is 1. The fourth-order valence-electron chi connectivity index (χ4n) is 3.23. The van der Waals surface area contributed by atoms with Gasteiger partial charge in [0.2, 0.25) is 5.82 Å². The number of nitrogens with zero attached hydrogens (tertiary/aromatic N) is 3. The second-order valence-electron chi connectivity index (χ2n) is 6.18. The van der Waals surface area contributed by atoms with Gasteiger partial charge in [0.05, 0.1) is 0 Å². The number of fused-ring (bicyclic) bond motifs is 1. The summed E-state index contributed by atoms with van der Waals surface area (Å²) in [5, 5.41) is 6.83. The first kappa shape index (κ1) is 16.1. The Morgan fingerprint density at radius 1 is 0.920 bits per heavy atom. The van der Waals surface area contributed by atoms with Gasteiger partial charge in [-0.25, -0.2) is 0 Å². The van der Waals surface area contributed by atoms with E-state index in [2.05, 4.69) is 10.2 Å². The molecule has 1 fully saturated rings. The van der Waals surface area contributed by atoms with Gasteiger partial charge in [0.25, 0.3) is 0 Å². The largest absolute Gasteiger partial charge is 0.452 e. The highest BCUT2D eigenvalue weighted by Crippen LogP contribution is 2.31. The number of aromatic nitrogens is 3. The highest BCUT2D eigenvalue weighted by Gasteiger charge is 2.36. The van der Waals surface area contributed by atoms with Crippen LogP contribution in [0.4, 0.5) is 13.2 Å². The van der Waals surface area contributed by atoms with E-state index in [0.717, 1.165) is 36.0 Å². The normalized spacial score (nSPS) is 16.4. The van der Waals surface area contributed by atoms with E-state index >= 15 is 0 Å². The average Bonchev–Trinajstić information content (AvgIpc) is 3.06. The van der Waals surface area contributed by atoms with Crippen LogP contribution in [-0.2, 0) is 10.9 Å². The van der Waals surface area contributed by atoms with Crippen LogP contribution in [0.25, 0.3) is 16.8 Å². The number of rotatable bonds is 2. The van der Waals surface area contributed by atoms with Gasteiger partial charge < -0.3 is 4.74 Å². The standard InChI is InChI=1S/C18H16F3N3O/c19-18(20,21)17-23-22-16-6-5-15(11-24(16)17)13-3-1-12(2-4-13)14-7-9-25-10-8-14/h1-6,11,14H,7-10H2. The molecule has 4 nitrogen and oxygen atoms in total. The summed E-state index contributed by atoms with van der Waals surface area (Å²) in [6.45, 7) is 1.55. The summed E-state index contributed by atoms with van der Waals surface area (Å²) >= 11 is 0. The molecule has 3 aromatic rings. The van der Waals surface area contributed by atoms with Crippen LogP contribution < -0.4 is 0 Å². The number of benzene rings is 1. The Kier molecular flexibility index (Phi) is 3.95. The first-order valence-electron chi connectivity index (χ1n) is 8.12. The van der Waals surface area contributed by atoms with E-state index in [1.165, 1.54) is 11.8 Å². The summed E-state index contributed by atoms with van der Waals surface area (Å²) in [6, 6.07) is 11.3. The molecule has 0 N–H and O–H groups in total. The van der Waals surface area contributed by atoms with Crippen molar-refractivity contribution in [1.82, 2.24) is 14.6 Å². The summed E-state index contributed by atoms with van der Waals surface area (Å²) in [5.74, 6) is -0.525. The fraction of sp³-hybridized carbons (Fsp3) is 0.333. The van der Waals surface area contributed by atoms with Gasteiger partial charge in [-0.3, -0.25) is 4.40 Å². The molecule has 1 saturated heterocycles. The first-order valence-corrected chi connectivity index (χ1v) is 8.12. The zero-order valence-corrected chi connectivity index (χ0v) is 13.3. The second kappa shape index (κ2) is 6.15. The molecule has 1 aliphatic heterocycles. The molecular formula is C18H16F3N3O. The topological polar surface area (TPSA) is 39.4 Å². The van der Waals surface area contributed by atoms with Crippen molar-refractivity contribution in [2.75, 3.05) is 13.2 Å². The molecule has 130 valence electrons. The lowest BCUT2D eigenvalue weighted by atomic mass is 9.90. The van der Waals surface area contributed by atoms with E-state index in [0.29, 0.717) is 11.5 Å². The maximum atomic E-state index is 13.0. The Bertz CT molecular complexity index is 881. The zero-order valence-electron chi connectivity index (χ0n) is 13.3. The van der Waals surface area contributed by atoms with Gasteiger partial charge in [-0.05, 0) is 47.6 Å². The van der Waals surface area contributed by atoms with Crippen LogP contribution in [0.5, 0.6) is 0 Å². The molecule has 0 spiro atoms. The fourth-order valence-corrected chi connectivity index (χ4v) is 3.23. The van der Waals surface area contributed by atoms with Gasteiger partial charge in [-0.1, -0.05) is 24.3 Å². The smallest absolute Gasteiger partial charge is 0.381 e. The molecule has 3 heterocycles. The van der Waals surface area contributed by atoms with Gasteiger partial charge in [0, 0.05) is 19.4 Å². The van der Waals surface area contributed by atoms with E-state index in [4.69, 9.17) is 4.74 Å². The number of hydrogen-bond donors (Lipinski definition) is 0. The van der Waals surface area contributed by atoms with E-state index in [9.17, 15) is 13.2 Å². The molecule has 2 aromatic heterocycles. The molecule has 25 heavy (non-hydrogen) atoms. The molecule has 7 heteroatoms. The molecule has 0 saturated carbocycles. The summed E-state index contributed by atoms with van der Waals surface area (Å²) < 4.78 is 45.4. The molecule has 4 rings (SSSR count). The summed E-state index contributed by atoms with van der Waals surface area (Å²) in [5.41, 5.74) is 2.97. The third kappa shape index (κ3) is 3.11. The second-order valence-corrected chi connectivity index (χ2v) is 6.18. The maximum absolute atomic E-state index is 13.0. The highest BCUT2D eigenvalue weighted by molar-refractivity contribution is 5.65. The summed E-state index contributed by atoms with van der Waals surface area (Å²) in [4.78, 5) is 0. The van der Waals surface area contributed by atoms with Gasteiger partial charge in [0.15, 0.2) is 5.65 Å². The summed E-state index contributed by atoms with van der Waals surface area (Å²) in [7, 11) is 0. The van der Waals surface area contributed by atoms with Crippen LogP contribution in [0.3, 0.4) is 0 Å². The zero-order chi connectivity index (χ0) is 17.4. The number of hydrogen-bond acceptors (Lipinski definition) is 3. The maximum Gasteiger partial charge on any atom is 0.452 e. The minimum atomic E-state index is -4.54. The SMILES string of the molecule is FC(F)(F)c1nnc2ccc(-c3ccc(C4CCOCC4)cc3)cn12. The first-order chi connectivity index (χ1) is 12.0. The molecule has 1 aliphatic rings. The van der Waals surface area contributed by atoms with Crippen LogP contribution >= 0.6 is 0 Å². The van der Waals surface area contributed by atoms with Crippen molar-refractivity contribution in [2.24, 2.45) is 0 Å². The monoisotopic (exact) mass is 347 g/mol. The number of halogens is 3. The lowest BCUT2D eigenvalue weighted by molar-refractivity contribution is -0.145. The Morgan fingerprint density at radius 2 is 1.60 bits per heavy atom. The Hall–Kier alpha value is -2.41. The van der Waals surface area contributed by atoms with Crippen molar-refractivity contribution in [1.29, 1.82) is 0 Å². The molecule has 0 radical (unpaired) electrons. The average molecular weight is 347 g/mol. The quantitative estimate of drug-likeness (QED) is 0.693. The van der Waals surface area contributed by atoms with Crippen molar-refractivity contribution in [3.8, 4) is 11.1 Å².